The van der Waals surface area contributed by atoms with Crippen molar-refractivity contribution in [3.8, 4) is 0 Å². The van der Waals surface area contributed by atoms with Crippen molar-refractivity contribution in [3.63, 3.8) is 0 Å². The van der Waals surface area contributed by atoms with Gasteiger partial charge in [-0.3, -0.25) is 4.55 Å². The highest BCUT2D eigenvalue weighted by atomic mass is 35.5. The fraction of sp³-hybridized carbons (Fsp3) is 0.455. The van der Waals surface area contributed by atoms with Crippen LogP contribution in [0.3, 0.4) is 0 Å². The first-order valence-corrected chi connectivity index (χ1v) is 6.73. The van der Waals surface area contributed by atoms with Crippen LogP contribution in [0.1, 0.15) is 32.8 Å². The highest BCUT2D eigenvalue weighted by Crippen LogP contribution is 2.25. The first-order chi connectivity index (χ1) is 7.73. The van der Waals surface area contributed by atoms with Crippen LogP contribution in [0.25, 0.3) is 0 Å². The first-order valence-electron chi connectivity index (χ1n) is 5.06. The largest absolute Gasteiger partial charge is 0.413 e. The Hall–Kier alpha value is -0.620. The normalized spacial score (nSPS) is 11.6. The van der Waals surface area contributed by atoms with Crippen LogP contribution in [0.2, 0.25) is 0 Å². The molecule has 0 saturated carbocycles. The fourth-order valence-electron chi connectivity index (χ4n) is 1.09. The molecule has 0 bridgehead atoms. The lowest BCUT2D eigenvalue weighted by Gasteiger charge is -2.22. The predicted octanol–water partition coefficient (Wildman–Crippen LogP) is 3.33. The molecule has 1 N–H and O–H groups in total. The van der Waals surface area contributed by atoms with Gasteiger partial charge in [0.2, 0.25) is 0 Å². The third kappa shape index (κ3) is 7.33. The zero-order valence-corrected chi connectivity index (χ0v) is 11.6. The Morgan fingerprint density at radius 2 is 1.71 bits per heavy atom. The molecule has 0 aliphatic carbocycles. The van der Waals surface area contributed by atoms with Crippen LogP contribution in [0.15, 0.2) is 30.3 Å². The van der Waals surface area contributed by atoms with E-state index in [0.29, 0.717) is 5.41 Å². The van der Waals surface area contributed by atoms with Crippen molar-refractivity contribution in [2.75, 3.05) is 0 Å². The first kappa shape index (κ1) is 16.4. The standard InChI is InChI=1S/C11H16.ClHO4S/c1-4-11(2,3)10-8-6-5-7-9-10;1-5-6(2,3)4/h5-9H,4H2,1-3H3;(H,2,3,4). The fourth-order valence-corrected chi connectivity index (χ4v) is 1.09. The highest BCUT2D eigenvalue weighted by Gasteiger charge is 2.16. The molecule has 0 heterocycles. The molecule has 0 atom stereocenters. The summed E-state index contributed by atoms with van der Waals surface area (Å²) in [7, 11) is -4.40. The van der Waals surface area contributed by atoms with Gasteiger partial charge in [-0.15, -0.1) is 3.74 Å². The van der Waals surface area contributed by atoms with E-state index in [4.69, 9.17) is 4.55 Å². The van der Waals surface area contributed by atoms with Gasteiger partial charge in [0.05, 0.1) is 11.9 Å². The van der Waals surface area contributed by atoms with Crippen LogP contribution in [-0.2, 0) is 19.5 Å². The molecule has 0 aromatic heterocycles. The summed E-state index contributed by atoms with van der Waals surface area (Å²) in [6.45, 7) is 6.79. The van der Waals surface area contributed by atoms with Gasteiger partial charge in [0.25, 0.3) is 0 Å². The molecule has 1 aromatic rings. The quantitative estimate of drug-likeness (QED) is 0.863. The zero-order chi connectivity index (χ0) is 13.5. The highest BCUT2D eigenvalue weighted by molar-refractivity contribution is 7.81. The van der Waals surface area contributed by atoms with Crippen LogP contribution in [-0.4, -0.2) is 13.0 Å². The van der Waals surface area contributed by atoms with Gasteiger partial charge in [0.1, 0.15) is 0 Å². The Morgan fingerprint density at radius 1 is 1.29 bits per heavy atom. The summed E-state index contributed by atoms with van der Waals surface area (Å²) < 4.78 is 28.8. The van der Waals surface area contributed by atoms with Gasteiger partial charge in [0, 0.05) is 0 Å². The van der Waals surface area contributed by atoms with Crippen molar-refractivity contribution in [2.24, 2.45) is 0 Å². The van der Waals surface area contributed by atoms with E-state index in [9.17, 15) is 8.42 Å². The Bertz CT molecular complexity index is 414. The molecular formula is C11H17ClO4S. The van der Waals surface area contributed by atoms with Crippen LogP contribution in [0.5, 0.6) is 0 Å². The van der Waals surface area contributed by atoms with Gasteiger partial charge in [-0.2, -0.15) is 8.42 Å². The third-order valence-electron chi connectivity index (χ3n) is 2.52. The van der Waals surface area contributed by atoms with Crippen molar-refractivity contribution in [1.82, 2.24) is 0 Å². The minimum Gasteiger partial charge on any atom is -0.263 e. The van der Waals surface area contributed by atoms with E-state index in [1.807, 2.05) is 0 Å². The molecule has 0 unspecified atom stereocenters. The second kappa shape index (κ2) is 6.96. The molecule has 0 spiro atoms. The monoisotopic (exact) mass is 280 g/mol. The van der Waals surface area contributed by atoms with Gasteiger partial charge in [-0.05, 0) is 17.4 Å². The summed E-state index contributed by atoms with van der Waals surface area (Å²) in [5.41, 5.74) is 1.77. The maximum absolute atomic E-state index is 9.20. The van der Waals surface area contributed by atoms with Crippen LogP contribution in [0.4, 0.5) is 0 Å². The van der Waals surface area contributed by atoms with Crippen LogP contribution < -0.4 is 0 Å². The summed E-state index contributed by atoms with van der Waals surface area (Å²) in [4.78, 5) is 0. The van der Waals surface area contributed by atoms with E-state index in [1.165, 1.54) is 12.0 Å². The predicted molar refractivity (Wildman–Crippen MR) is 68.2 cm³/mol. The summed E-state index contributed by atoms with van der Waals surface area (Å²) in [5, 5.41) is 0. The van der Waals surface area contributed by atoms with E-state index < -0.39 is 10.4 Å². The van der Waals surface area contributed by atoms with E-state index >= 15 is 0 Å². The maximum atomic E-state index is 9.20. The average Bonchev–Trinajstić information content (AvgIpc) is 2.30. The van der Waals surface area contributed by atoms with Gasteiger partial charge < -0.3 is 0 Å². The van der Waals surface area contributed by atoms with E-state index in [1.54, 1.807) is 0 Å². The summed E-state index contributed by atoms with van der Waals surface area (Å²) in [6.07, 6.45) is 1.19. The SMILES string of the molecule is CCC(C)(C)c1ccccc1.O=S(=O)(O)OCl. The average molecular weight is 281 g/mol. The molecule has 0 radical (unpaired) electrons. The second-order valence-electron chi connectivity index (χ2n) is 4.09. The van der Waals surface area contributed by atoms with Crippen molar-refractivity contribution in [1.29, 1.82) is 0 Å². The van der Waals surface area contributed by atoms with Crippen LogP contribution in [0, 0.1) is 0 Å². The number of hydrogen-bond acceptors (Lipinski definition) is 3. The zero-order valence-electron chi connectivity index (χ0n) is 10.1. The molecule has 98 valence electrons. The topological polar surface area (TPSA) is 63.6 Å². The van der Waals surface area contributed by atoms with Crippen LogP contribution >= 0.6 is 11.9 Å². The molecule has 17 heavy (non-hydrogen) atoms. The molecule has 0 aliphatic heterocycles. The smallest absolute Gasteiger partial charge is 0.263 e. The van der Waals surface area contributed by atoms with E-state index in [-0.39, 0.29) is 0 Å². The Balaban J connectivity index is 0.000000366. The Morgan fingerprint density at radius 3 is 2.00 bits per heavy atom. The van der Waals surface area contributed by atoms with Gasteiger partial charge in [-0.25, -0.2) is 0 Å². The van der Waals surface area contributed by atoms with Gasteiger partial charge in [-0.1, -0.05) is 51.1 Å². The Kier molecular flexibility index (Phi) is 6.70. The second-order valence-corrected chi connectivity index (χ2v) is 5.45. The van der Waals surface area contributed by atoms with Crippen molar-refractivity contribution < 1.29 is 16.7 Å². The number of hydrogen-bond donors (Lipinski definition) is 1. The molecule has 0 amide bonds. The molecule has 1 aromatic carbocycles. The molecular weight excluding hydrogens is 264 g/mol. The third-order valence-corrected chi connectivity index (χ3v) is 3.16. The number of halogens is 1. The van der Waals surface area contributed by atoms with Gasteiger partial charge >= 0.3 is 10.4 Å². The molecule has 4 nitrogen and oxygen atoms in total. The molecule has 6 heteroatoms. The summed E-state index contributed by atoms with van der Waals surface area (Å²) in [6, 6.07) is 10.7. The lowest BCUT2D eigenvalue weighted by molar-refractivity contribution is 0.400. The van der Waals surface area contributed by atoms with Crippen molar-refractivity contribution in [2.45, 2.75) is 32.6 Å². The minimum absolute atomic E-state index is 0.335. The number of benzene rings is 1. The molecule has 1 rings (SSSR count). The molecule has 0 aliphatic rings. The maximum Gasteiger partial charge on any atom is 0.413 e. The Labute approximate surface area is 108 Å². The van der Waals surface area contributed by atoms with Crippen molar-refractivity contribution >= 4 is 22.3 Å². The van der Waals surface area contributed by atoms with E-state index in [0.717, 1.165) is 0 Å². The molecule has 0 saturated heterocycles. The summed E-state index contributed by atoms with van der Waals surface area (Å²) in [5.74, 6) is 0. The van der Waals surface area contributed by atoms with E-state index in [2.05, 4.69) is 66.7 Å². The number of rotatable bonds is 3. The van der Waals surface area contributed by atoms with Crippen molar-refractivity contribution in [3.05, 3.63) is 35.9 Å². The van der Waals surface area contributed by atoms with Gasteiger partial charge in [0.15, 0.2) is 0 Å². The summed E-state index contributed by atoms with van der Waals surface area (Å²) >= 11 is 4.14. The lowest BCUT2D eigenvalue weighted by atomic mass is 9.82. The minimum atomic E-state index is -4.40. The lowest BCUT2D eigenvalue weighted by Crippen LogP contribution is -2.14. The molecule has 0 fully saturated rings.